The van der Waals surface area contributed by atoms with Gasteiger partial charge in [0.25, 0.3) is 0 Å². The number of rotatable bonds is 49. The summed E-state index contributed by atoms with van der Waals surface area (Å²) in [6, 6.07) is 60.8. The van der Waals surface area contributed by atoms with Gasteiger partial charge in [-0.15, -0.1) is 0 Å². The fourth-order valence-electron chi connectivity index (χ4n) is 14.9. The van der Waals surface area contributed by atoms with Crippen molar-refractivity contribution in [3.05, 3.63) is 227 Å². The highest BCUT2D eigenvalue weighted by Crippen LogP contribution is 2.46. The summed E-state index contributed by atoms with van der Waals surface area (Å²) in [6.45, 7) is 5.41. The maximum atomic E-state index is 14.1. The van der Waals surface area contributed by atoms with Crippen molar-refractivity contribution >= 4 is 53.4 Å². The van der Waals surface area contributed by atoms with Crippen LogP contribution < -0.4 is 31.9 Å². The summed E-state index contributed by atoms with van der Waals surface area (Å²) < 4.78 is 24.3. The van der Waals surface area contributed by atoms with Crippen molar-refractivity contribution < 1.29 is 62.1 Å². The van der Waals surface area contributed by atoms with Crippen LogP contribution in [0.1, 0.15) is 212 Å². The van der Waals surface area contributed by atoms with Crippen LogP contribution >= 0.6 is 0 Å². The van der Waals surface area contributed by atoms with Crippen LogP contribution in [0.4, 0.5) is 9.59 Å². The fourth-order valence-corrected chi connectivity index (χ4v) is 14.9. The summed E-state index contributed by atoms with van der Waals surface area (Å²) in [5.41, 5.74) is 10.6. The summed E-state index contributed by atoms with van der Waals surface area (Å²) >= 11 is 0. The highest BCUT2D eigenvalue weighted by molar-refractivity contribution is 5.90. The molecular formula is C91H112N6O13. The SMILES string of the molecule is CCCCC[C@H](NC(=O)OCC1c2ccccc2-c2ccccc21)C(=O)NCCCC[C@H](NC(=O)[C@@H](C)CCCCNC(=O)OCC1c2ccccc2-c2ccccc21)C(=O)CCCCCCC(=O)NCCCCCC(=O)C[C@H](COC(=O)CCC(=O)NC)COC(c1ccccc1)(c1ccccc1)c1ccccc1. The third kappa shape index (κ3) is 25.1. The molecule has 4 atom stereocenters. The zero-order valence-electron chi connectivity index (χ0n) is 64.4. The summed E-state index contributed by atoms with van der Waals surface area (Å²) in [5.74, 6) is -2.59. The number of esters is 1. The average molecular weight is 1500 g/mol. The molecule has 584 valence electrons. The maximum Gasteiger partial charge on any atom is 0.407 e. The van der Waals surface area contributed by atoms with Crippen molar-refractivity contribution in [2.45, 2.75) is 191 Å². The van der Waals surface area contributed by atoms with E-state index in [9.17, 15) is 43.2 Å². The van der Waals surface area contributed by atoms with E-state index in [1.165, 1.54) is 7.05 Å². The van der Waals surface area contributed by atoms with E-state index in [4.69, 9.17) is 18.9 Å². The molecule has 0 aromatic heterocycles. The Morgan fingerprint density at radius 1 is 0.400 bits per heavy atom. The molecule has 0 bridgehead atoms. The number of Topliss-reactive ketones (excluding diaryl/α,β-unsaturated/α-hetero) is 2. The molecule has 19 heteroatoms. The number of benzene rings is 7. The van der Waals surface area contributed by atoms with Crippen molar-refractivity contribution in [1.29, 1.82) is 0 Å². The lowest BCUT2D eigenvalue weighted by atomic mass is 9.80. The maximum absolute atomic E-state index is 14.1. The van der Waals surface area contributed by atoms with Crippen LogP contribution in [0.3, 0.4) is 0 Å². The van der Waals surface area contributed by atoms with Gasteiger partial charge in [0.2, 0.25) is 23.6 Å². The smallest absolute Gasteiger partial charge is 0.407 e. The van der Waals surface area contributed by atoms with Crippen LogP contribution in [0.15, 0.2) is 188 Å². The number of carbonyl (C=O) groups is 9. The number of ether oxygens (including phenoxy) is 4. The summed E-state index contributed by atoms with van der Waals surface area (Å²) in [6.07, 6.45) is 10.6. The summed E-state index contributed by atoms with van der Waals surface area (Å²) in [7, 11) is 1.51. The van der Waals surface area contributed by atoms with Gasteiger partial charge in [0.15, 0.2) is 5.78 Å². The molecule has 0 fully saturated rings. The van der Waals surface area contributed by atoms with Crippen LogP contribution in [-0.2, 0) is 58.1 Å². The van der Waals surface area contributed by atoms with Gasteiger partial charge in [-0.25, -0.2) is 9.59 Å². The quantitative estimate of drug-likeness (QED) is 0.00898. The first kappa shape index (κ1) is 83.8. The molecule has 19 nitrogen and oxygen atoms in total. The second kappa shape index (κ2) is 45.0. The number of hydrogen-bond donors (Lipinski definition) is 6. The number of nitrogens with one attached hydrogen (secondary N) is 6. The zero-order valence-corrected chi connectivity index (χ0v) is 64.4. The standard InChI is InChI=1S/C91H112N6O13/c1-4-5-12-52-82(97-90(106)109-64-80-77-49-28-24-45-73(77)74-46-25-29-50-78(74)80)88(104)94-58-34-31-51-81(96-87(103)65(2)35-30-33-59-95-89(105)108-63-79-75-47-26-22-43-71(75)72-44-23-27-48-76(72)79)83(99)53-20-6-7-21-54-85(101)93-57-32-11-19-42-70(98)60-66(61-107-86(102)56-55-84(100)92-3)62-110-91(67-36-13-8-14-37-67,68-38-15-9-16-39-68)69-40-17-10-18-41-69/h8-10,13-18,22-29,36-41,43-50,65-66,79-82H,4-7,11-12,19-21,30-35,42,51-64H2,1-3H3,(H,92,100)(H,93,101)(H,94,104)(H,95,105)(H,96,103)(H,97,106)/t65-,66+,81-,82-/m0/s1. The van der Waals surface area contributed by atoms with E-state index in [2.05, 4.69) is 87.4 Å². The van der Waals surface area contributed by atoms with Crippen molar-refractivity contribution in [3.63, 3.8) is 0 Å². The monoisotopic (exact) mass is 1500 g/mol. The largest absolute Gasteiger partial charge is 0.465 e. The number of ketones is 2. The first-order valence-corrected chi connectivity index (χ1v) is 39.9. The van der Waals surface area contributed by atoms with Gasteiger partial charge in [-0.05, 0) is 125 Å². The van der Waals surface area contributed by atoms with Crippen molar-refractivity contribution in [2.24, 2.45) is 11.8 Å². The topological polar surface area (TPSA) is 263 Å². The fraction of sp³-hybridized carbons (Fsp3) is 0.440. The Morgan fingerprint density at radius 3 is 1.40 bits per heavy atom. The molecule has 0 heterocycles. The predicted octanol–water partition coefficient (Wildman–Crippen LogP) is 15.8. The lowest BCUT2D eigenvalue weighted by molar-refractivity contribution is -0.148. The van der Waals surface area contributed by atoms with E-state index >= 15 is 0 Å². The third-order valence-electron chi connectivity index (χ3n) is 21.0. The number of carbonyl (C=O) groups excluding carboxylic acids is 9. The van der Waals surface area contributed by atoms with Crippen LogP contribution in [0.5, 0.6) is 0 Å². The van der Waals surface area contributed by atoms with Crippen molar-refractivity contribution in [3.8, 4) is 22.3 Å². The van der Waals surface area contributed by atoms with Gasteiger partial charge in [-0.3, -0.25) is 33.6 Å². The molecule has 7 aromatic rings. The van der Waals surface area contributed by atoms with E-state index in [1.807, 2.05) is 146 Å². The Morgan fingerprint density at radius 2 is 0.855 bits per heavy atom. The summed E-state index contributed by atoms with van der Waals surface area (Å²) in [5, 5.41) is 17.3. The normalized spacial score (nSPS) is 13.2. The number of hydrogen-bond acceptors (Lipinski definition) is 13. The Hall–Kier alpha value is -10.3. The Labute approximate surface area is 649 Å². The van der Waals surface area contributed by atoms with Gasteiger partial charge < -0.3 is 50.8 Å². The minimum atomic E-state index is -1.05. The van der Waals surface area contributed by atoms with Gasteiger partial charge >= 0.3 is 18.2 Å². The molecule has 2 aliphatic rings. The Kier molecular flexibility index (Phi) is 34.3. The molecule has 0 unspecified atom stereocenters. The van der Waals surface area contributed by atoms with Crippen molar-refractivity contribution in [1.82, 2.24) is 31.9 Å². The van der Waals surface area contributed by atoms with Gasteiger partial charge in [-0.1, -0.05) is 247 Å². The van der Waals surface area contributed by atoms with E-state index in [1.54, 1.807) is 0 Å². The predicted molar refractivity (Wildman–Crippen MR) is 428 cm³/mol. The zero-order chi connectivity index (χ0) is 77.7. The molecule has 0 saturated carbocycles. The van der Waals surface area contributed by atoms with Gasteiger partial charge in [-0.2, -0.15) is 0 Å². The molecule has 0 saturated heterocycles. The van der Waals surface area contributed by atoms with Crippen LogP contribution in [-0.4, -0.2) is 119 Å². The Bertz CT molecular complexity index is 3910. The molecular weight excluding hydrogens is 1390 g/mol. The highest BCUT2D eigenvalue weighted by Gasteiger charge is 2.39. The molecule has 2 aliphatic carbocycles. The molecule has 9 rings (SSSR count). The van der Waals surface area contributed by atoms with E-state index in [-0.39, 0.29) is 99.1 Å². The molecule has 6 N–H and O–H groups in total. The van der Waals surface area contributed by atoms with Gasteiger partial charge in [0.1, 0.15) is 30.6 Å². The number of amides is 6. The molecule has 0 radical (unpaired) electrons. The van der Waals surface area contributed by atoms with Gasteiger partial charge in [0.05, 0.1) is 25.7 Å². The average Bonchev–Trinajstić information content (AvgIpc) is 1.62. The van der Waals surface area contributed by atoms with Crippen LogP contribution in [0, 0.1) is 11.8 Å². The number of fused-ring (bicyclic) bond motifs is 6. The summed E-state index contributed by atoms with van der Waals surface area (Å²) in [4.78, 5) is 120. The van der Waals surface area contributed by atoms with E-state index in [0.29, 0.717) is 116 Å². The minimum Gasteiger partial charge on any atom is -0.465 e. The molecule has 0 aliphatic heterocycles. The minimum absolute atomic E-state index is 0.00104. The van der Waals surface area contributed by atoms with E-state index < -0.39 is 47.7 Å². The molecule has 6 amide bonds. The first-order chi connectivity index (χ1) is 53.7. The molecule has 110 heavy (non-hydrogen) atoms. The molecule has 0 spiro atoms. The number of alkyl carbamates (subject to hydrolysis) is 2. The second-order valence-corrected chi connectivity index (χ2v) is 29.1. The first-order valence-electron chi connectivity index (χ1n) is 39.9. The van der Waals surface area contributed by atoms with Crippen LogP contribution in [0.25, 0.3) is 22.3 Å². The molecule has 7 aromatic carbocycles. The lowest BCUT2D eigenvalue weighted by Crippen LogP contribution is -2.47. The van der Waals surface area contributed by atoms with E-state index in [0.717, 1.165) is 86.9 Å². The third-order valence-corrected chi connectivity index (χ3v) is 21.0. The number of unbranched alkanes of at least 4 members (excludes halogenated alkanes) is 9. The second-order valence-electron chi connectivity index (χ2n) is 29.1. The van der Waals surface area contributed by atoms with Crippen LogP contribution in [0.2, 0.25) is 0 Å². The van der Waals surface area contributed by atoms with Gasteiger partial charge in [0, 0.05) is 82.5 Å². The van der Waals surface area contributed by atoms with Crippen molar-refractivity contribution in [2.75, 3.05) is 53.1 Å². The Balaban J connectivity index is 0.698. The highest BCUT2D eigenvalue weighted by atomic mass is 16.6. The lowest BCUT2D eigenvalue weighted by Gasteiger charge is -2.37.